The van der Waals surface area contributed by atoms with Crippen LogP contribution in [0.25, 0.3) is 11.2 Å². The standard InChI is InChI=1S/C27H27Cl4N9O7S2/c1-11(23(43)44)47-37-15(14-18(28)49-26(32)35-14)20(41)34-16-21(42)40-17(24(45)46)12(10-48-22(16)40)9-38-7-3-5-13-19(38)36-25(27(29,30)31)39(13)8-4-6-33-2/h3,5,7,11,16,22,33H,4,6,8-10H2,1-2H3,(H4-,32,34,35,41,43,44,45,46)/p+1/b37-15-/t11-,16?,22+/m0/s1. The normalized spacial score (nSPS) is 18.7. The molecule has 6 N–H and O–H groups in total. The number of carboxylic acid groups (broad SMARTS) is 2. The number of thiazole rings is 1. The van der Waals surface area contributed by atoms with Gasteiger partial charge in [-0.2, -0.15) is 0 Å². The number of amides is 2. The number of β-lactam (4-membered cyclic amide) rings is 1. The number of halogens is 4. The van der Waals surface area contributed by atoms with Crippen LogP contribution >= 0.6 is 69.5 Å². The maximum atomic E-state index is 13.4. The first-order valence-electron chi connectivity index (χ1n) is 14.3. The molecule has 1 unspecified atom stereocenters. The Balaban J connectivity index is 1.42. The third-order valence-electron chi connectivity index (χ3n) is 7.43. The zero-order chi connectivity index (χ0) is 35.8. The summed E-state index contributed by atoms with van der Waals surface area (Å²) >= 11 is 27.1. The van der Waals surface area contributed by atoms with Gasteiger partial charge in [-0.05, 0) is 44.1 Å². The number of rotatable bonds is 13. The Morgan fingerprint density at radius 1 is 1.29 bits per heavy atom. The molecule has 0 spiro atoms. The Labute approximate surface area is 306 Å². The van der Waals surface area contributed by atoms with Gasteiger partial charge in [0, 0.05) is 17.9 Å². The first kappa shape index (κ1) is 36.9. The average Bonchev–Trinajstić information content (AvgIpc) is 3.59. The molecular formula is C27H28Cl4N9O7S2+. The van der Waals surface area contributed by atoms with Crippen LogP contribution in [0, 0.1) is 0 Å². The lowest BCUT2D eigenvalue weighted by Crippen LogP contribution is -2.71. The zero-order valence-corrected chi connectivity index (χ0v) is 30.2. The lowest BCUT2D eigenvalue weighted by atomic mass is 10.0. The van der Waals surface area contributed by atoms with E-state index in [4.69, 9.17) is 62.1 Å². The summed E-state index contributed by atoms with van der Waals surface area (Å²) in [5.74, 6) is -3.96. The van der Waals surface area contributed by atoms with E-state index in [2.05, 4.69) is 25.8 Å². The number of anilines is 1. The zero-order valence-electron chi connectivity index (χ0n) is 25.5. The van der Waals surface area contributed by atoms with Gasteiger partial charge < -0.3 is 31.4 Å². The molecule has 262 valence electrons. The molecule has 3 atom stereocenters. The highest BCUT2D eigenvalue weighted by Gasteiger charge is 2.55. The summed E-state index contributed by atoms with van der Waals surface area (Å²) in [6, 6.07) is 2.42. The second-order valence-corrected chi connectivity index (χ2v) is 15.7. The number of carbonyl (C=O) groups is 4. The van der Waals surface area contributed by atoms with Crippen LogP contribution in [0.1, 0.15) is 24.9 Å². The third kappa shape index (κ3) is 7.54. The molecule has 0 bridgehead atoms. The highest BCUT2D eigenvalue weighted by molar-refractivity contribution is 8.00. The minimum Gasteiger partial charge on any atom is -0.478 e. The largest absolute Gasteiger partial charge is 0.478 e. The van der Waals surface area contributed by atoms with Gasteiger partial charge in [-0.1, -0.05) is 62.9 Å². The first-order valence-corrected chi connectivity index (χ1v) is 17.7. The van der Waals surface area contributed by atoms with Crippen LogP contribution in [0.3, 0.4) is 0 Å². The SMILES string of the molecule is CNCCCn1c(C(Cl)(Cl)Cl)nc2c1ccc[n+]2CC1=C(C(=O)O)N2C(=O)C(NC(=O)/C(=N\O[C@@H](C)C(=O)O)c3nc(N)sc3Cl)[C@H]2SC1. The van der Waals surface area contributed by atoms with Crippen LogP contribution in [0.2, 0.25) is 4.34 Å². The summed E-state index contributed by atoms with van der Waals surface area (Å²) in [7, 11) is 1.83. The molecule has 3 aromatic heterocycles. The third-order valence-corrected chi connectivity index (χ3v) is 10.4. The molecular weight excluding hydrogens is 768 g/mol. The van der Waals surface area contributed by atoms with Crippen molar-refractivity contribution in [1.29, 1.82) is 0 Å². The Morgan fingerprint density at radius 3 is 2.63 bits per heavy atom. The van der Waals surface area contributed by atoms with E-state index in [1.165, 1.54) is 18.7 Å². The molecule has 2 aliphatic rings. The molecule has 1 fully saturated rings. The van der Waals surface area contributed by atoms with Gasteiger partial charge >= 0.3 is 17.6 Å². The van der Waals surface area contributed by atoms with Crippen LogP contribution in [-0.4, -0.2) is 96.0 Å². The van der Waals surface area contributed by atoms with E-state index < -0.39 is 50.8 Å². The summed E-state index contributed by atoms with van der Waals surface area (Å²) in [6.07, 6.45) is 1.00. The van der Waals surface area contributed by atoms with Crippen molar-refractivity contribution in [2.24, 2.45) is 5.16 Å². The quantitative estimate of drug-likeness (QED) is 0.0420. The van der Waals surface area contributed by atoms with Crippen molar-refractivity contribution in [3.8, 4) is 0 Å². The number of carboxylic acids is 2. The molecule has 22 heteroatoms. The number of fused-ring (bicyclic) bond motifs is 2. The maximum Gasteiger partial charge on any atom is 0.352 e. The average molecular weight is 797 g/mol. The fourth-order valence-electron chi connectivity index (χ4n) is 5.17. The molecule has 2 aliphatic heterocycles. The van der Waals surface area contributed by atoms with Crippen LogP contribution in [-0.2, 0) is 40.9 Å². The summed E-state index contributed by atoms with van der Waals surface area (Å²) in [4.78, 5) is 65.3. The number of nitrogens with two attached hydrogens (primary N) is 1. The van der Waals surface area contributed by atoms with E-state index >= 15 is 0 Å². The van der Waals surface area contributed by atoms with E-state index in [0.717, 1.165) is 22.7 Å². The summed E-state index contributed by atoms with van der Waals surface area (Å²) < 4.78 is 1.67. The number of thioether (sulfide) groups is 1. The molecule has 49 heavy (non-hydrogen) atoms. The Hall–Kier alpha value is -3.39. The van der Waals surface area contributed by atoms with E-state index in [0.29, 0.717) is 29.8 Å². The van der Waals surface area contributed by atoms with E-state index in [9.17, 15) is 24.3 Å². The van der Waals surface area contributed by atoms with E-state index in [1.54, 1.807) is 21.4 Å². The highest BCUT2D eigenvalue weighted by Crippen LogP contribution is 2.41. The number of nitrogens with zero attached hydrogens (tertiary/aromatic N) is 6. The van der Waals surface area contributed by atoms with E-state index in [1.807, 2.05) is 13.1 Å². The lowest BCUT2D eigenvalue weighted by Gasteiger charge is -2.49. The van der Waals surface area contributed by atoms with Gasteiger partial charge in [-0.15, -0.1) is 11.8 Å². The minimum absolute atomic E-state index is 0.00178. The van der Waals surface area contributed by atoms with Crippen LogP contribution in [0.5, 0.6) is 0 Å². The molecule has 0 aliphatic carbocycles. The van der Waals surface area contributed by atoms with Gasteiger partial charge in [-0.3, -0.25) is 19.1 Å². The van der Waals surface area contributed by atoms with Crippen LogP contribution < -0.4 is 20.9 Å². The number of hydrogen-bond donors (Lipinski definition) is 5. The Kier molecular flexibility index (Phi) is 11.2. The van der Waals surface area contributed by atoms with Gasteiger partial charge in [0.25, 0.3) is 21.4 Å². The predicted octanol–water partition coefficient (Wildman–Crippen LogP) is 2.08. The summed E-state index contributed by atoms with van der Waals surface area (Å²) in [5.41, 5.74) is 6.31. The maximum absolute atomic E-state index is 13.4. The van der Waals surface area contributed by atoms with Crippen LogP contribution in [0.4, 0.5) is 5.13 Å². The van der Waals surface area contributed by atoms with Gasteiger partial charge in [0.2, 0.25) is 6.10 Å². The predicted molar refractivity (Wildman–Crippen MR) is 184 cm³/mol. The number of imidazole rings is 1. The first-order chi connectivity index (χ1) is 23.1. The fourth-order valence-corrected chi connectivity index (χ4v) is 7.87. The van der Waals surface area contributed by atoms with Crippen molar-refractivity contribution >= 4 is 115 Å². The second-order valence-electron chi connectivity index (χ2n) is 10.7. The molecule has 5 heterocycles. The number of aryl methyl sites for hydroxylation is 1. The molecule has 0 aromatic carbocycles. The van der Waals surface area contributed by atoms with Crippen molar-refractivity contribution < 1.29 is 38.8 Å². The van der Waals surface area contributed by atoms with Crippen molar-refractivity contribution in [2.75, 3.05) is 25.1 Å². The number of aromatic nitrogens is 4. The smallest absolute Gasteiger partial charge is 0.352 e. The highest BCUT2D eigenvalue weighted by atomic mass is 35.6. The number of hydrogen-bond acceptors (Lipinski definition) is 12. The molecule has 2 amide bonds. The number of nitrogen functional groups attached to an aromatic ring is 1. The van der Waals surface area contributed by atoms with E-state index in [-0.39, 0.29) is 39.0 Å². The number of nitrogens with one attached hydrogen (secondary N) is 2. The lowest BCUT2D eigenvalue weighted by molar-refractivity contribution is -0.664. The van der Waals surface area contributed by atoms with Crippen molar-refractivity contribution in [2.45, 2.75) is 47.7 Å². The Bertz CT molecular complexity index is 1890. The molecule has 1 saturated heterocycles. The summed E-state index contributed by atoms with van der Waals surface area (Å²) in [5, 5.41) is 27.9. The Morgan fingerprint density at radius 2 is 2.02 bits per heavy atom. The topological polar surface area (TPSA) is 218 Å². The van der Waals surface area contributed by atoms with Gasteiger partial charge in [0.15, 0.2) is 10.8 Å². The van der Waals surface area contributed by atoms with Crippen molar-refractivity contribution in [3.63, 3.8) is 0 Å². The number of carbonyl (C=O) groups excluding carboxylic acids is 2. The molecule has 0 saturated carbocycles. The van der Waals surface area contributed by atoms with Gasteiger partial charge in [-0.25, -0.2) is 19.1 Å². The number of alkyl halides is 3. The van der Waals surface area contributed by atoms with Crippen molar-refractivity contribution in [1.82, 2.24) is 30.1 Å². The monoisotopic (exact) mass is 794 g/mol. The second kappa shape index (κ2) is 14.8. The molecule has 3 aromatic rings. The summed E-state index contributed by atoms with van der Waals surface area (Å²) in [6.45, 7) is 2.45. The van der Waals surface area contributed by atoms with Gasteiger partial charge in [0.1, 0.15) is 39.2 Å². The van der Waals surface area contributed by atoms with Crippen LogP contribution in [0.15, 0.2) is 34.8 Å². The molecule has 5 rings (SSSR count). The molecule has 16 nitrogen and oxygen atoms in total. The minimum atomic E-state index is -1.83. The molecule has 0 radical (unpaired) electrons. The number of pyridine rings is 1. The van der Waals surface area contributed by atoms with Crippen molar-refractivity contribution in [3.05, 3.63) is 45.5 Å². The fraction of sp³-hybridized carbons (Fsp3) is 0.407. The number of aliphatic carboxylic acids is 2. The van der Waals surface area contributed by atoms with Gasteiger partial charge in [0.05, 0.1) is 6.20 Å². The number of oxime groups is 1.